The predicted molar refractivity (Wildman–Crippen MR) is 111 cm³/mol. The van der Waals surface area contributed by atoms with Crippen LogP contribution in [-0.2, 0) is 5.92 Å². The van der Waals surface area contributed by atoms with Gasteiger partial charge in [0.15, 0.2) is 12.3 Å². The molecule has 9 heteroatoms. The topological polar surface area (TPSA) is 48.5 Å². The summed E-state index contributed by atoms with van der Waals surface area (Å²) in [5.74, 6) is -2.80. The van der Waals surface area contributed by atoms with E-state index in [1.165, 1.54) is 12.3 Å². The number of nitrogens with zero attached hydrogens (tertiary/aromatic N) is 3. The number of aromatic nitrogens is 1. The Kier molecular flexibility index (Phi) is 5.70. The second-order valence-corrected chi connectivity index (χ2v) is 8.75. The Balaban J connectivity index is 1.56. The van der Waals surface area contributed by atoms with Crippen molar-refractivity contribution in [2.24, 2.45) is 5.92 Å². The van der Waals surface area contributed by atoms with Gasteiger partial charge in [-0.2, -0.15) is 0 Å². The van der Waals surface area contributed by atoms with E-state index in [4.69, 9.17) is 0 Å². The lowest BCUT2D eigenvalue weighted by molar-refractivity contribution is 0.0189. The summed E-state index contributed by atoms with van der Waals surface area (Å²) in [5.41, 5.74) is 0.902. The minimum Gasteiger partial charge on any atom is -0.369 e. The molecule has 4 atom stereocenters. The van der Waals surface area contributed by atoms with Crippen LogP contribution in [0, 0.1) is 5.92 Å². The second-order valence-electron chi connectivity index (χ2n) is 8.75. The number of piperidine rings is 1. The summed E-state index contributed by atoms with van der Waals surface area (Å²) in [5, 5.41) is 3.52. The number of halogens is 4. The number of hydrogen-bond acceptors (Lipinski definition) is 3. The van der Waals surface area contributed by atoms with Crippen molar-refractivity contribution in [3.05, 3.63) is 36.0 Å². The molecule has 2 aromatic rings. The molecule has 2 fully saturated rings. The normalized spacial score (nSPS) is 27.0. The van der Waals surface area contributed by atoms with Crippen LogP contribution in [-0.4, -0.2) is 60.5 Å². The monoisotopic (exact) mass is 438 g/mol. The van der Waals surface area contributed by atoms with Crippen LogP contribution in [0.15, 0.2) is 30.5 Å². The molecular weight excluding hydrogens is 412 g/mol. The third kappa shape index (κ3) is 4.41. The van der Waals surface area contributed by atoms with Gasteiger partial charge in [0.25, 0.3) is 5.92 Å². The number of rotatable bonds is 3. The summed E-state index contributed by atoms with van der Waals surface area (Å²) in [4.78, 5) is 19.9. The van der Waals surface area contributed by atoms with E-state index < -0.39 is 24.3 Å². The lowest BCUT2D eigenvalue weighted by Gasteiger charge is -2.39. The van der Waals surface area contributed by atoms with Gasteiger partial charge < -0.3 is 15.1 Å². The molecule has 2 saturated heterocycles. The van der Waals surface area contributed by atoms with E-state index in [0.29, 0.717) is 18.5 Å². The maximum atomic E-state index is 14.1. The number of carbonyl (C=O) groups is 1. The third-order valence-electron chi connectivity index (χ3n) is 6.02. The van der Waals surface area contributed by atoms with Gasteiger partial charge in [0.1, 0.15) is 0 Å². The highest BCUT2D eigenvalue weighted by Gasteiger charge is 2.37. The van der Waals surface area contributed by atoms with E-state index >= 15 is 0 Å². The molecule has 0 bridgehead atoms. The molecule has 0 radical (unpaired) electrons. The lowest BCUT2D eigenvalue weighted by atomic mass is 9.94. The molecule has 0 aliphatic carbocycles. The maximum absolute atomic E-state index is 14.1. The van der Waals surface area contributed by atoms with E-state index in [0.717, 1.165) is 23.9 Å². The number of alkyl halides is 4. The number of amides is 2. The van der Waals surface area contributed by atoms with E-state index in [-0.39, 0.29) is 36.1 Å². The van der Waals surface area contributed by atoms with E-state index in [2.05, 4.69) is 15.2 Å². The molecule has 5 nitrogen and oxygen atoms in total. The number of hydrogen-bond donors (Lipinski definition) is 1. The van der Waals surface area contributed by atoms with Crippen molar-refractivity contribution < 1.29 is 22.4 Å². The minimum atomic E-state index is -3.02. The Morgan fingerprint density at radius 2 is 1.84 bits per heavy atom. The van der Waals surface area contributed by atoms with Gasteiger partial charge in [0, 0.05) is 48.9 Å². The summed E-state index contributed by atoms with van der Waals surface area (Å²) in [6.45, 7) is 3.57. The molecule has 168 valence electrons. The van der Waals surface area contributed by atoms with Crippen LogP contribution < -0.4 is 10.2 Å². The summed E-state index contributed by atoms with van der Waals surface area (Å²) in [6.07, 6.45) is -1.09. The molecule has 1 aromatic carbocycles. The molecule has 2 aliphatic heterocycles. The number of pyridine rings is 1. The standard InChI is InChI=1S/C22H26F4N4O/c1-13-8-14(28-21(31)30-11-17(23)18(24)12-30)10-29(9-13)19-6-5-16(22(2,25)26)20-15(19)4-3-7-27-20/h3-7,13-14,17-18H,8-12H2,1-2H3,(H,28,31)/t13-,14+,17-,18+/m0/s1. The average Bonchev–Trinajstić information content (AvgIpc) is 3.04. The largest absolute Gasteiger partial charge is 0.369 e. The molecule has 1 N–H and O–H groups in total. The quantitative estimate of drug-likeness (QED) is 0.729. The van der Waals surface area contributed by atoms with Crippen LogP contribution in [0.3, 0.4) is 0 Å². The first-order valence-corrected chi connectivity index (χ1v) is 10.5. The van der Waals surface area contributed by atoms with Crippen molar-refractivity contribution in [1.82, 2.24) is 15.2 Å². The number of urea groups is 1. The van der Waals surface area contributed by atoms with Gasteiger partial charge in [0.2, 0.25) is 0 Å². The van der Waals surface area contributed by atoms with Crippen molar-refractivity contribution in [1.29, 1.82) is 0 Å². The fourth-order valence-electron chi connectivity index (χ4n) is 4.60. The highest BCUT2D eigenvalue weighted by Crippen LogP contribution is 2.37. The van der Waals surface area contributed by atoms with Crippen LogP contribution in [0.1, 0.15) is 25.8 Å². The van der Waals surface area contributed by atoms with Crippen LogP contribution >= 0.6 is 0 Å². The Hall–Kier alpha value is -2.58. The first kappa shape index (κ1) is 21.6. The van der Waals surface area contributed by atoms with Crippen LogP contribution in [0.2, 0.25) is 0 Å². The number of anilines is 1. The SMILES string of the molecule is C[C@H]1C[C@@H](NC(=O)N2C[C@@H](F)[C@@H](F)C2)CN(c2ccc(C(C)(F)F)c3ncccc23)C1. The Morgan fingerprint density at radius 3 is 2.52 bits per heavy atom. The Morgan fingerprint density at radius 1 is 1.13 bits per heavy atom. The predicted octanol–water partition coefficient (Wildman–Crippen LogP) is 4.26. The van der Waals surface area contributed by atoms with Crippen molar-refractivity contribution in [3.63, 3.8) is 0 Å². The molecule has 4 rings (SSSR count). The smallest absolute Gasteiger partial charge is 0.317 e. The Labute approximate surface area is 178 Å². The maximum Gasteiger partial charge on any atom is 0.317 e. The van der Waals surface area contributed by atoms with Crippen LogP contribution in [0.5, 0.6) is 0 Å². The number of fused-ring (bicyclic) bond motifs is 1. The molecular formula is C22H26F4N4O. The highest BCUT2D eigenvalue weighted by molar-refractivity contribution is 5.94. The van der Waals surface area contributed by atoms with Crippen LogP contribution in [0.25, 0.3) is 10.9 Å². The van der Waals surface area contributed by atoms with Gasteiger partial charge in [-0.05, 0) is 36.6 Å². The lowest BCUT2D eigenvalue weighted by Crippen LogP contribution is -2.53. The fourth-order valence-corrected chi connectivity index (χ4v) is 4.60. The third-order valence-corrected chi connectivity index (χ3v) is 6.02. The van der Waals surface area contributed by atoms with Crippen molar-refractivity contribution in [2.75, 3.05) is 31.1 Å². The van der Waals surface area contributed by atoms with Crippen LogP contribution in [0.4, 0.5) is 28.0 Å². The van der Waals surface area contributed by atoms with E-state index in [9.17, 15) is 22.4 Å². The molecule has 0 saturated carbocycles. The molecule has 0 unspecified atom stereocenters. The van der Waals surface area contributed by atoms with E-state index in [1.807, 2.05) is 6.92 Å². The van der Waals surface area contributed by atoms with Gasteiger partial charge in [-0.15, -0.1) is 0 Å². The first-order valence-electron chi connectivity index (χ1n) is 10.5. The molecule has 0 spiro atoms. The summed E-state index contributed by atoms with van der Waals surface area (Å²) >= 11 is 0. The molecule has 2 amide bonds. The number of nitrogens with one attached hydrogen (secondary N) is 1. The molecule has 1 aromatic heterocycles. The Bertz CT molecular complexity index is 956. The summed E-state index contributed by atoms with van der Waals surface area (Å²) in [7, 11) is 0. The van der Waals surface area contributed by atoms with Gasteiger partial charge >= 0.3 is 6.03 Å². The fraction of sp³-hybridized carbons (Fsp3) is 0.545. The van der Waals surface area contributed by atoms with Crippen molar-refractivity contribution >= 4 is 22.6 Å². The number of likely N-dealkylation sites (tertiary alicyclic amines) is 1. The highest BCUT2D eigenvalue weighted by atomic mass is 19.3. The number of carbonyl (C=O) groups excluding carboxylic acids is 1. The zero-order chi connectivity index (χ0) is 22.3. The minimum absolute atomic E-state index is 0.127. The summed E-state index contributed by atoms with van der Waals surface area (Å²) < 4.78 is 55.0. The molecule has 31 heavy (non-hydrogen) atoms. The van der Waals surface area contributed by atoms with E-state index in [1.54, 1.807) is 18.2 Å². The average molecular weight is 438 g/mol. The zero-order valence-corrected chi connectivity index (χ0v) is 17.5. The van der Waals surface area contributed by atoms with Crippen molar-refractivity contribution in [3.8, 4) is 0 Å². The van der Waals surface area contributed by atoms with Gasteiger partial charge in [0.05, 0.1) is 18.6 Å². The molecule has 2 aliphatic rings. The zero-order valence-electron chi connectivity index (χ0n) is 17.5. The first-order chi connectivity index (χ1) is 14.6. The molecule has 3 heterocycles. The number of benzene rings is 1. The summed E-state index contributed by atoms with van der Waals surface area (Å²) in [6, 6.07) is 5.86. The van der Waals surface area contributed by atoms with Gasteiger partial charge in [-0.1, -0.05) is 6.92 Å². The van der Waals surface area contributed by atoms with Gasteiger partial charge in [-0.25, -0.2) is 22.4 Å². The van der Waals surface area contributed by atoms with Gasteiger partial charge in [-0.3, -0.25) is 4.98 Å². The van der Waals surface area contributed by atoms with Crippen molar-refractivity contribution in [2.45, 2.75) is 44.6 Å². The second kappa shape index (κ2) is 8.16.